The third-order valence-corrected chi connectivity index (χ3v) is 7.08. The zero-order valence-corrected chi connectivity index (χ0v) is 13.7. The van der Waals surface area contributed by atoms with Crippen molar-refractivity contribution in [1.29, 1.82) is 0 Å². The van der Waals surface area contributed by atoms with Gasteiger partial charge in [0.2, 0.25) is 5.76 Å². The van der Waals surface area contributed by atoms with Crippen LogP contribution in [-0.4, -0.2) is 34.2 Å². The Bertz CT molecular complexity index is 484. The first kappa shape index (κ1) is 14.4. The number of cyclic esters (lactones) is 1. The second kappa shape index (κ2) is 4.47. The molecule has 0 aromatic carbocycles. The van der Waals surface area contributed by atoms with Crippen molar-refractivity contribution < 1.29 is 19.4 Å². The summed E-state index contributed by atoms with van der Waals surface area (Å²) in [6.45, 7) is 6.86. The molecule has 2 heterocycles. The molecular formula is C15H21BrO4. The SMILES string of the molecule is CC1(C)[C@H]2C[C@H](C3=C(O)C(=O)OC3)O[C@@]2(C)CC[C@@H]1Br. The Morgan fingerprint density at radius 2 is 2.05 bits per heavy atom. The molecule has 2 aliphatic heterocycles. The average molecular weight is 345 g/mol. The molecule has 0 spiro atoms. The normalized spacial score (nSPS) is 43.6. The quantitative estimate of drug-likeness (QED) is 0.586. The molecule has 1 saturated carbocycles. The molecule has 0 bridgehead atoms. The van der Waals surface area contributed by atoms with E-state index in [1.165, 1.54) is 0 Å². The number of aliphatic hydroxyl groups excluding tert-OH is 1. The Balaban J connectivity index is 1.89. The molecule has 3 aliphatic rings. The van der Waals surface area contributed by atoms with Crippen molar-refractivity contribution >= 4 is 21.9 Å². The Kier molecular flexibility index (Phi) is 3.22. The molecule has 112 valence electrons. The van der Waals surface area contributed by atoms with Crippen LogP contribution in [0.25, 0.3) is 0 Å². The lowest BCUT2D eigenvalue weighted by Crippen LogP contribution is -2.49. The summed E-state index contributed by atoms with van der Waals surface area (Å²) >= 11 is 3.80. The van der Waals surface area contributed by atoms with Gasteiger partial charge in [-0.2, -0.15) is 0 Å². The minimum Gasteiger partial charge on any atom is -0.502 e. The second-order valence-corrected chi connectivity index (χ2v) is 8.09. The van der Waals surface area contributed by atoms with Crippen molar-refractivity contribution in [2.45, 2.75) is 56.6 Å². The molecular weight excluding hydrogens is 324 g/mol. The maximum Gasteiger partial charge on any atom is 0.373 e. The first-order valence-electron chi connectivity index (χ1n) is 7.17. The third kappa shape index (κ3) is 1.93. The van der Waals surface area contributed by atoms with Gasteiger partial charge in [0.1, 0.15) is 6.61 Å². The van der Waals surface area contributed by atoms with E-state index in [9.17, 15) is 9.90 Å². The van der Waals surface area contributed by atoms with Crippen LogP contribution >= 0.6 is 15.9 Å². The number of ether oxygens (including phenoxy) is 2. The number of hydrogen-bond donors (Lipinski definition) is 1. The molecule has 1 saturated heterocycles. The zero-order chi connectivity index (χ0) is 14.7. The minimum atomic E-state index is -0.624. The van der Waals surface area contributed by atoms with E-state index in [4.69, 9.17) is 9.47 Å². The van der Waals surface area contributed by atoms with Gasteiger partial charge in [0.25, 0.3) is 0 Å². The number of esters is 1. The molecule has 5 heteroatoms. The van der Waals surface area contributed by atoms with Gasteiger partial charge in [0.15, 0.2) is 0 Å². The van der Waals surface area contributed by atoms with Crippen molar-refractivity contribution in [3.63, 3.8) is 0 Å². The molecule has 20 heavy (non-hydrogen) atoms. The van der Waals surface area contributed by atoms with Gasteiger partial charge in [-0.05, 0) is 37.5 Å². The van der Waals surface area contributed by atoms with Crippen LogP contribution in [0.2, 0.25) is 0 Å². The molecule has 4 atom stereocenters. The van der Waals surface area contributed by atoms with E-state index in [2.05, 4.69) is 36.7 Å². The van der Waals surface area contributed by atoms with Gasteiger partial charge < -0.3 is 14.6 Å². The lowest BCUT2D eigenvalue weighted by molar-refractivity contribution is -0.138. The number of carbonyl (C=O) groups excluding carboxylic acids is 1. The average Bonchev–Trinajstić information content (AvgIpc) is 2.89. The van der Waals surface area contributed by atoms with Gasteiger partial charge in [-0.15, -0.1) is 0 Å². The van der Waals surface area contributed by atoms with Gasteiger partial charge in [0.05, 0.1) is 11.7 Å². The molecule has 0 radical (unpaired) electrons. The first-order valence-corrected chi connectivity index (χ1v) is 8.08. The minimum absolute atomic E-state index is 0.126. The number of aliphatic hydroxyl groups is 1. The molecule has 1 aliphatic carbocycles. The Morgan fingerprint density at radius 1 is 1.35 bits per heavy atom. The summed E-state index contributed by atoms with van der Waals surface area (Å²) in [5.41, 5.74) is 0.561. The molecule has 1 N–H and O–H groups in total. The zero-order valence-electron chi connectivity index (χ0n) is 12.1. The van der Waals surface area contributed by atoms with Crippen LogP contribution in [0.1, 0.15) is 40.0 Å². The van der Waals surface area contributed by atoms with E-state index in [-0.39, 0.29) is 29.5 Å². The Morgan fingerprint density at radius 3 is 2.65 bits per heavy atom. The Labute approximate surface area is 127 Å². The lowest BCUT2D eigenvalue weighted by Gasteiger charge is -2.48. The van der Waals surface area contributed by atoms with E-state index in [0.717, 1.165) is 19.3 Å². The third-order valence-electron chi connectivity index (χ3n) is 5.44. The molecule has 3 rings (SSSR count). The van der Waals surface area contributed by atoms with Gasteiger partial charge in [0, 0.05) is 10.4 Å². The standard InChI is InChI=1S/C15H21BrO4/c1-14(2)10-6-9(8-7-19-13(18)12(8)17)20-15(10,3)5-4-11(14)16/h9-11,17H,4-7H2,1-3H3/t9-,10-,11+,15+/m1/s1. The maximum atomic E-state index is 11.3. The Hall–Kier alpha value is -0.550. The molecule has 4 nitrogen and oxygen atoms in total. The van der Waals surface area contributed by atoms with Gasteiger partial charge in [-0.3, -0.25) is 0 Å². The largest absolute Gasteiger partial charge is 0.502 e. The van der Waals surface area contributed by atoms with E-state index < -0.39 is 5.97 Å². The van der Waals surface area contributed by atoms with Gasteiger partial charge in [-0.25, -0.2) is 4.79 Å². The number of alkyl halides is 1. The first-order chi connectivity index (χ1) is 9.25. The number of halogens is 1. The van der Waals surface area contributed by atoms with Gasteiger partial charge in [-0.1, -0.05) is 29.8 Å². The summed E-state index contributed by atoms with van der Waals surface area (Å²) < 4.78 is 11.2. The molecule has 0 amide bonds. The van der Waals surface area contributed by atoms with Crippen molar-refractivity contribution in [3.8, 4) is 0 Å². The number of hydrogen-bond acceptors (Lipinski definition) is 4. The number of rotatable bonds is 1. The van der Waals surface area contributed by atoms with Crippen LogP contribution in [0.4, 0.5) is 0 Å². The van der Waals surface area contributed by atoms with Crippen LogP contribution in [0, 0.1) is 11.3 Å². The highest BCUT2D eigenvalue weighted by atomic mass is 79.9. The predicted octanol–water partition coefficient (Wildman–Crippen LogP) is 3.10. The monoisotopic (exact) mass is 344 g/mol. The summed E-state index contributed by atoms with van der Waals surface area (Å²) in [4.78, 5) is 11.8. The van der Waals surface area contributed by atoms with Crippen LogP contribution in [-0.2, 0) is 14.3 Å². The van der Waals surface area contributed by atoms with Crippen molar-refractivity contribution in [2.75, 3.05) is 6.61 Å². The highest BCUT2D eigenvalue weighted by molar-refractivity contribution is 9.09. The van der Waals surface area contributed by atoms with Crippen LogP contribution in [0.3, 0.4) is 0 Å². The summed E-state index contributed by atoms with van der Waals surface area (Å²) in [6.07, 6.45) is 2.71. The second-order valence-electron chi connectivity index (χ2n) is 6.99. The smallest absolute Gasteiger partial charge is 0.373 e. The van der Waals surface area contributed by atoms with E-state index in [1.807, 2.05) is 0 Å². The fourth-order valence-corrected chi connectivity index (χ4v) is 4.66. The maximum absolute atomic E-state index is 11.3. The van der Waals surface area contributed by atoms with Crippen molar-refractivity contribution in [1.82, 2.24) is 0 Å². The molecule has 0 aromatic rings. The topological polar surface area (TPSA) is 55.8 Å². The highest BCUT2D eigenvalue weighted by Crippen LogP contribution is 2.57. The summed E-state index contributed by atoms with van der Waals surface area (Å²) in [5.74, 6) is -0.471. The molecule has 0 aromatic heterocycles. The van der Waals surface area contributed by atoms with Gasteiger partial charge >= 0.3 is 5.97 Å². The van der Waals surface area contributed by atoms with Crippen molar-refractivity contribution in [3.05, 3.63) is 11.3 Å². The fourth-order valence-electron chi connectivity index (χ4n) is 4.12. The summed E-state index contributed by atoms with van der Waals surface area (Å²) in [6, 6.07) is 0. The van der Waals surface area contributed by atoms with Crippen LogP contribution in [0.5, 0.6) is 0 Å². The number of fused-ring (bicyclic) bond motifs is 1. The molecule has 0 unspecified atom stereocenters. The summed E-state index contributed by atoms with van der Waals surface area (Å²) in [7, 11) is 0. The fraction of sp³-hybridized carbons (Fsp3) is 0.800. The van der Waals surface area contributed by atoms with E-state index in [1.54, 1.807) is 0 Å². The van der Waals surface area contributed by atoms with Crippen LogP contribution < -0.4 is 0 Å². The van der Waals surface area contributed by atoms with Crippen molar-refractivity contribution in [2.24, 2.45) is 11.3 Å². The number of carbonyl (C=O) groups is 1. The molecule has 2 fully saturated rings. The van der Waals surface area contributed by atoms with E-state index >= 15 is 0 Å². The lowest BCUT2D eigenvalue weighted by atomic mass is 9.61. The predicted molar refractivity (Wildman–Crippen MR) is 77.7 cm³/mol. The highest BCUT2D eigenvalue weighted by Gasteiger charge is 2.57. The summed E-state index contributed by atoms with van der Waals surface area (Å²) in [5, 5.41) is 9.83. The van der Waals surface area contributed by atoms with Crippen LogP contribution in [0.15, 0.2) is 11.3 Å². The van der Waals surface area contributed by atoms with E-state index in [0.29, 0.717) is 16.3 Å².